The smallest absolute Gasteiger partial charge is 0.262 e. The van der Waals surface area contributed by atoms with Crippen molar-refractivity contribution in [2.24, 2.45) is 0 Å². The summed E-state index contributed by atoms with van der Waals surface area (Å²) in [4.78, 5) is 32.9. The minimum Gasteiger partial charge on any atom is -0.382 e. The third kappa shape index (κ3) is 4.70. The van der Waals surface area contributed by atoms with Crippen molar-refractivity contribution in [2.75, 3.05) is 23.9 Å². The second-order valence-electron chi connectivity index (χ2n) is 7.80. The molecule has 2 heterocycles. The molecule has 0 N–H and O–H groups in total. The molecule has 1 aliphatic heterocycles. The zero-order valence-electron chi connectivity index (χ0n) is 18.2. The lowest BCUT2D eigenvalue weighted by Crippen LogP contribution is -2.37. The molecule has 1 amide bonds. The molecule has 0 saturated heterocycles. The third-order valence-electron chi connectivity index (χ3n) is 5.56. The van der Waals surface area contributed by atoms with Crippen LogP contribution in [0.3, 0.4) is 0 Å². The van der Waals surface area contributed by atoms with Crippen LogP contribution in [0.15, 0.2) is 52.4 Å². The topological polar surface area (TPSA) is 64.4 Å². The van der Waals surface area contributed by atoms with Crippen LogP contribution < -0.4 is 10.5 Å². The maximum absolute atomic E-state index is 13.2. The Hall–Kier alpha value is -2.35. The second-order valence-corrected chi connectivity index (χ2v) is 9.18. The van der Waals surface area contributed by atoms with E-state index in [2.05, 4.69) is 18.0 Å². The molecular formula is C24H26ClN3O3S. The van der Waals surface area contributed by atoms with Crippen molar-refractivity contribution in [1.29, 1.82) is 0 Å². The first kappa shape index (κ1) is 22.8. The van der Waals surface area contributed by atoms with Crippen LogP contribution >= 0.6 is 23.4 Å². The molecule has 32 heavy (non-hydrogen) atoms. The lowest BCUT2D eigenvalue weighted by Gasteiger charge is -2.23. The van der Waals surface area contributed by atoms with E-state index >= 15 is 0 Å². The van der Waals surface area contributed by atoms with Crippen LogP contribution in [0.4, 0.5) is 5.69 Å². The predicted octanol–water partition coefficient (Wildman–Crippen LogP) is 4.55. The number of hydrogen-bond acceptors (Lipinski definition) is 5. The lowest BCUT2D eigenvalue weighted by atomic mass is 10.1. The summed E-state index contributed by atoms with van der Waals surface area (Å²) in [5.41, 5.74) is 2.57. The summed E-state index contributed by atoms with van der Waals surface area (Å²) < 4.78 is 7.08. The molecule has 168 valence electrons. The number of ether oxygens (including phenoxy) is 1. The first-order chi connectivity index (χ1) is 15.5. The van der Waals surface area contributed by atoms with E-state index < -0.39 is 0 Å². The van der Waals surface area contributed by atoms with Crippen LogP contribution in [0.2, 0.25) is 5.02 Å². The van der Waals surface area contributed by atoms with Gasteiger partial charge in [-0.25, -0.2) is 4.98 Å². The largest absolute Gasteiger partial charge is 0.382 e. The Bertz CT molecular complexity index is 1200. The summed E-state index contributed by atoms with van der Waals surface area (Å²) >= 11 is 7.42. The van der Waals surface area contributed by atoms with Gasteiger partial charge in [0, 0.05) is 36.5 Å². The number of fused-ring (bicyclic) bond motifs is 2. The van der Waals surface area contributed by atoms with Crippen LogP contribution in [-0.2, 0) is 22.5 Å². The summed E-state index contributed by atoms with van der Waals surface area (Å²) in [5, 5.41) is 1.56. The molecule has 3 aromatic rings. The van der Waals surface area contributed by atoms with Crippen molar-refractivity contribution in [2.45, 2.75) is 44.4 Å². The molecule has 1 aliphatic rings. The SMILES string of the molecule is CCOCCCn1c(SCC(=O)N2c3ccccc3CC2C)nc2cc(Cl)ccc2c1=O. The zero-order valence-corrected chi connectivity index (χ0v) is 19.8. The minimum atomic E-state index is -0.127. The van der Waals surface area contributed by atoms with E-state index in [1.165, 1.54) is 17.3 Å². The van der Waals surface area contributed by atoms with Crippen molar-refractivity contribution in [3.8, 4) is 0 Å². The molecule has 1 unspecified atom stereocenters. The molecule has 0 aliphatic carbocycles. The molecule has 0 radical (unpaired) electrons. The fourth-order valence-corrected chi connectivity index (χ4v) is 5.14. The number of hydrogen-bond donors (Lipinski definition) is 0. The van der Waals surface area contributed by atoms with Gasteiger partial charge >= 0.3 is 0 Å². The van der Waals surface area contributed by atoms with Crippen LogP contribution in [-0.4, -0.2) is 40.5 Å². The van der Waals surface area contributed by atoms with Gasteiger partial charge in [0.1, 0.15) is 0 Å². The Balaban J connectivity index is 1.59. The van der Waals surface area contributed by atoms with Gasteiger partial charge in [-0.2, -0.15) is 0 Å². The van der Waals surface area contributed by atoms with Crippen LogP contribution in [0.5, 0.6) is 0 Å². The first-order valence-corrected chi connectivity index (χ1v) is 12.2. The lowest BCUT2D eigenvalue weighted by molar-refractivity contribution is -0.116. The number of halogens is 1. The van der Waals surface area contributed by atoms with Crippen molar-refractivity contribution in [3.63, 3.8) is 0 Å². The molecule has 0 fully saturated rings. The van der Waals surface area contributed by atoms with E-state index in [4.69, 9.17) is 16.3 Å². The number of nitrogens with zero attached hydrogens (tertiary/aromatic N) is 3. The highest BCUT2D eigenvalue weighted by Crippen LogP contribution is 2.32. The highest BCUT2D eigenvalue weighted by atomic mass is 35.5. The van der Waals surface area contributed by atoms with E-state index in [1.54, 1.807) is 22.8 Å². The fourth-order valence-electron chi connectivity index (χ4n) is 4.09. The summed E-state index contributed by atoms with van der Waals surface area (Å²) in [6, 6.07) is 13.2. The monoisotopic (exact) mass is 471 g/mol. The third-order valence-corrected chi connectivity index (χ3v) is 6.75. The Morgan fingerprint density at radius 3 is 2.91 bits per heavy atom. The fraction of sp³-hybridized carbons (Fsp3) is 0.375. The number of aromatic nitrogens is 2. The molecule has 1 atom stereocenters. The standard InChI is InChI=1S/C24H26ClN3O3S/c1-3-31-12-6-11-27-23(30)19-10-9-18(25)14-20(19)26-24(27)32-15-22(29)28-16(2)13-17-7-4-5-8-21(17)28/h4-5,7-10,14,16H,3,6,11-13,15H2,1-2H3. The van der Waals surface area contributed by atoms with E-state index in [0.717, 1.165) is 12.1 Å². The molecule has 8 heteroatoms. The average molecular weight is 472 g/mol. The van der Waals surface area contributed by atoms with Gasteiger partial charge in [-0.3, -0.25) is 14.2 Å². The van der Waals surface area contributed by atoms with E-state index in [1.807, 2.05) is 30.0 Å². The van der Waals surface area contributed by atoms with Crippen LogP contribution in [0, 0.1) is 0 Å². The number of thioether (sulfide) groups is 1. The van der Waals surface area contributed by atoms with Gasteiger partial charge in [-0.1, -0.05) is 41.6 Å². The minimum absolute atomic E-state index is 0.00811. The summed E-state index contributed by atoms with van der Waals surface area (Å²) in [5.74, 6) is 0.205. The normalized spacial score (nSPS) is 15.3. The number of benzene rings is 2. The summed E-state index contributed by atoms with van der Waals surface area (Å²) in [7, 11) is 0. The zero-order chi connectivity index (χ0) is 22.7. The van der Waals surface area contributed by atoms with Crippen molar-refractivity contribution in [3.05, 3.63) is 63.4 Å². The molecular weight excluding hydrogens is 446 g/mol. The molecule has 4 rings (SSSR count). The summed E-state index contributed by atoms with van der Waals surface area (Å²) in [6.45, 7) is 5.67. The highest BCUT2D eigenvalue weighted by Gasteiger charge is 2.30. The van der Waals surface area contributed by atoms with Gasteiger partial charge in [0.15, 0.2) is 5.16 Å². The van der Waals surface area contributed by atoms with Crippen LogP contribution in [0.25, 0.3) is 10.9 Å². The number of amides is 1. The van der Waals surface area contributed by atoms with Gasteiger partial charge < -0.3 is 9.64 Å². The molecule has 6 nitrogen and oxygen atoms in total. The van der Waals surface area contributed by atoms with E-state index in [0.29, 0.717) is 47.3 Å². The quantitative estimate of drug-likeness (QED) is 0.274. The number of carbonyl (C=O) groups excluding carboxylic acids is 1. The number of rotatable bonds is 8. The molecule has 1 aromatic heterocycles. The van der Waals surface area contributed by atoms with Gasteiger partial charge in [0.05, 0.1) is 16.7 Å². The van der Waals surface area contributed by atoms with Crippen LogP contribution in [0.1, 0.15) is 25.8 Å². The molecule has 0 spiro atoms. The van der Waals surface area contributed by atoms with Gasteiger partial charge in [-0.15, -0.1) is 0 Å². The second kappa shape index (κ2) is 10.1. The van der Waals surface area contributed by atoms with Gasteiger partial charge in [0.25, 0.3) is 5.56 Å². The maximum atomic E-state index is 13.2. The number of carbonyl (C=O) groups is 1. The highest BCUT2D eigenvalue weighted by molar-refractivity contribution is 7.99. The Labute approximate surface area is 196 Å². The Morgan fingerprint density at radius 2 is 2.09 bits per heavy atom. The van der Waals surface area contributed by atoms with Crippen molar-refractivity contribution in [1.82, 2.24) is 9.55 Å². The van der Waals surface area contributed by atoms with E-state index in [-0.39, 0.29) is 23.3 Å². The molecule has 2 aromatic carbocycles. The first-order valence-electron chi connectivity index (χ1n) is 10.8. The predicted molar refractivity (Wildman–Crippen MR) is 130 cm³/mol. The Morgan fingerprint density at radius 1 is 1.28 bits per heavy atom. The van der Waals surface area contributed by atoms with Gasteiger partial charge in [0.2, 0.25) is 5.91 Å². The number of anilines is 1. The van der Waals surface area contributed by atoms with Crippen molar-refractivity contribution < 1.29 is 9.53 Å². The number of para-hydroxylation sites is 1. The maximum Gasteiger partial charge on any atom is 0.262 e. The average Bonchev–Trinajstić information content (AvgIpc) is 3.12. The molecule has 0 saturated carbocycles. The van der Waals surface area contributed by atoms with E-state index in [9.17, 15) is 9.59 Å². The van der Waals surface area contributed by atoms with Crippen molar-refractivity contribution >= 4 is 45.9 Å². The molecule has 0 bridgehead atoms. The van der Waals surface area contributed by atoms with Gasteiger partial charge in [-0.05, 0) is 56.5 Å². The Kier molecular flexibility index (Phi) is 7.18. The summed E-state index contributed by atoms with van der Waals surface area (Å²) in [6.07, 6.45) is 1.54.